The van der Waals surface area contributed by atoms with E-state index in [1.807, 2.05) is 12.1 Å². The number of rotatable bonds is 11. The van der Waals surface area contributed by atoms with E-state index in [0.717, 1.165) is 56.1 Å². The van der Waals surface area contributed by atoms with Gasteiger partial charge in [0.15, 0.2) is 0 Å². The van der Waals surface area contributed by atoms with Gasteiger partial charge in [0.1, 0.15) is 6.10 Å². The Morgan fingerprint density at radius 1 is 1.00 bits per heavy atom. The largest absolute Gasteiger partial charge is 0.462 e. The number of hydrogen-bond donors (Lipinski definition) is 2. The molecule has 1 aliphatic rings. The summed E-state index contributed by atoms with van der Waals surface area (Å²) in [6, 6.07) is 12.5. The minimum absolute atomic E-state index is 0.0305. The smallest absolute Gasteiger partial charge is 0.338 e. The van der Waals surface area contributed by atoms with Crippen LogP contribution in [0.4, 0.5) is 11.4 Å². The van der Waals surface area contributed by atoms with Gasteiger partial charge in [-0.05, 0) is 79.6 Å². The molecule has 0 aliphatic heterocycles. The number of esters is 2. The van der Waals surface area contributed by atoms with Gasteiger partial charge in [0.25, 0.3) is 0 Å². The minimum atomic E-state index is -0.427. The summed E-state index contributed by atoms with van der Waals surface area (Å²) in [7, 11) is 1.72. The molecule has 0 radical (unpaired) electrons. The van der Waals surface area contributed by atoms with Crippen LogP contribution < -0.4 is 11.5 Å². The lowest BCUT2D eigenvalue weighted by molar-refractivity contribution is -0.138. The Balaban J connectivity index is 1.50. The third kappa shape index (κ3) is 8.41. The first-order chi connectivity index (χ1) is 17.4. The summed E-state index contributed by atoms with van der Waals surface area (Å²) in [5, 5.41) is 0. The first kappa shape index (κ1) is 27.3. The number of methoxy groups -OCH3 is 1. The van der Waals surface area contributed by atoms with Crippen molar-refractivity contribution in [2.45, 2.75) is 70.0 Å². The Labute approximate surface area is 213 Å². The second-order valence-electron chi connectivity index (χ2n) is 9.40. The number of hydrogen-bond acceptors (Lipinski definition) is 7. The Morgan fingerprint density at radius 3 is 2.25 bits per heavy atom. The number of carbonyl (C=O) groups is 2. The Morgan fingerprint density at radius 2 is 1.64 bits per heavy atom. The second-order valence-corrected chi connectivity index (χ2v) is 9.40. The summed E-state index contributed by atoms with van der Waals surface area (Å²) >= 11 is 0. The average molecular weight is 495 g/mol. The number of anilines is 2. The van der Waals surface area contributed by atoms with Crippen LogP contribution in [0.2, 0.25) is 0 Å². The molecule has 0 spiro atoms. The maximum Gasteiger partial charge on any atom is 0.338 e. The van der Waals surface area contributed by atoms with Crippen molar-refractivity contribution in [3.8, 4) is 0 Å². The molecule has 0 bridgehead atoms. The standard InChI is InChI=1S/C29H38N2O5/c1-3-4-5-22(23-16-24(30)18-25(31)17-23)19-35-28(32)15-8-20-6-9-21(10-7-20)29(33)36-27-13-11-26(34-2)12-14-27/h6-10,15-18,22,26-27H,3-5,11-14,19,30-31H2,1-2H3/b15-8+. The van der Waals surface area contributed by atoms with E-state index in [1.165, 1.54) is 6.08 Å². The highest BCUT2D eigenvalue weighted by molar-refractivity contribution is 5.90. The fourth-order valence-corrected chi connectivity index (χ4v) is 4.47. The number of nitrogen functional groups attached to an aromatic ring is 2. The number of carbonyl (C=O) groups excluding carboxylic acids is 2. The second kappa shape index (κ2) is 13.7. The van der Waals surface area contributed by atoms with Crippen molar-refractivity contribution in [2.75, 3.05) is 25.2 Å². The van der Waals surface area contributed by atoms with Gasteiger partial charge in [0.2, 0.25) is 0 Å². The fourth-order valence-electron chi connectivity index (χ4n) is 4.47. The van der Waals surface area contributed by atoms with Crippen molar-refractivity contribution in [3.63, 3.8) is 0 Å². The van der Waals surface area contributed by atoms with Crippen LogP contribution in [0.1, 0.15) is 79.3 Å². The van der Waals surface area contributed by atoms with E-state index in [1.54, 1.807) is 43.5 Å². The fraction of sp³-hybridized carbons (Fsp3) is 0.448. The quantitative estimate of drug-likeness (QED) is 0.241. The van der Waals surface area contributed by atoms with Crippen LogP contribution in [0.25, 0.3) is 6.08 Å². The van der Waals surface area contributed by atoms with Gasteiger partial charge in [-0.2, -0.15) is 0 Å². The molecule has 7 nitrogen and oxygen atoms in total. The molecule has 4 N–H and O–H groups in total. The first-order valence-corrected chi connectivity index (χ1v) is 12.7. The predicted molar refractivity (Wildman–Crippen MR) is 142 cm³/mol. The summed E-state index contributed by atoms with van der Waals surface area (Å²) < 4.78 is 16.5. The van der Waals surface area contributed by atoms with Gasteiger partial charge >= 0.3 is 11.9 Å². The van der Waals surface area contributed by atoms with Crippen molar-refractivity contribution in [2.24, 2.45) is 0 Å². The SMILES string of the molecule is CCCCC(COC(=O)/C=C/c1ccc(C(=O)OC2CCC(OC)CC2)cc1)c1cc(N)cc(N)c1. The summed E-state index contributed by atoms with van der Waals surface area (Å²) in [5.41, 5.74) is 15.4. The van der Waals surface area contributed by atoms with Crippen molar-refractivity contribution in [3.05, 3.63) is 65.2 Å². The summed E-state index contributed by atoms with van der Waals surface area (Å²) in [4.78, 5) is 24.8. The zero-order valence-corrected chi connectivity index (χ0v) is 21.3. The highest BCUT2D eigenvalue weighted by Crippen LogP contribution is 2.27. The van der Waals surface area contributed by atoms with Gasteiger partial charge in [-0.25, -0.2) is 9.59 Å². The van der Waals surface area contributed by atoms with E-state index in [-0.39, 0.29) is 30.7 Å². The van der Waals surface area contributed by atoms with Gasteiger partial charge in [-0.1, -0.05) is 31.9 Å². The normalized spacial score (nSPS) is 18.6. The zero-order chi connectivity index (χ0) is 25.9. The summed E-state index contributed by atoms with van der Waals surface area (Å²) in [5.74, 6) is -0.724. The van der Waals surface area contributed by atoms with Crippen LogP contribution in [0.5, 0.6) is 0 Å². The molecule has 2 aromatic rings. The van der Waals surface area contributed by atoms with Gasteiger partial charge in [-0.3, -0.25) is 0 Å². The molecular weight excluding hydrogens is 456 g/mol. The molecule has 1 aliphatic carbocycles. The molecule has 0 aromatic heterocycles. The minimum Gasteiger partial charge on any atom is -0.462 e. The number of ether oxygens (including phenoxy) is 3. The van der Waals surface area contributed by atoms with E-state index >= 15 is 0 Å². The maximum atomic E-state index is 12.5. The lowest BCUT2D eigenvalue weighted by Gasteiger charge is -2.27. The number of benzene rings is 2. The molecule has 36 heavy (non-hydrogen) atoms. The van der Waals surface area contributed by atoms with Crippen molar-refractivity contribution in [1.82, 2.24) is 0 Å². The molecule has 2 aromatic carbocycles. The van der Waals surface area contributed by atoms with Gasteiger partial charge in [-0.15, -0.1) is 0 Å². The highest BCUT2D eigenvalue weighted by atomic mass is 16.5. The van der Waals surface area contributed by atoms with Gasteiger partial charge in [0, 0.05) is 30.5 Å². The lowest BCUT2D eigenvalue weighted by atomic mass is 9.93. The Bertz CT molecular complexity index is 1010. The monoisotopic (exact) mass is 494 g/mol. The van der Waals surface area contributed by atoms with Crippen LogP contribution in [0.15, 0.2) is 48.5 Å². The Hall–Kier alpha value is -3.32. The van der Waals surface area contributed by atoms with E-state index in [0.29, 0.717) is 16.9 Å². The third-order valence-electron chi connectivity index (χ3n) is 6.59. The molecule has 1 atom stereocenters. The molecule has 0 saturated heterocycles. The number of unbranched alkanes of at least 4 members (excludes halogenated alkanes) is 1. The van der Waals surface area contributed by atoms with E-state index in [9.17, 15) is 9.59 Å². The first-order valence-electron chi connectivity index (χ1n) is 12.7. The van der Waals surface area contributed by atoms with Crippen LogP contribution in [-0.4, -0.2) is 37.9 Å². The van der Waals surface area contributed by atoms with Crippen molar-refractivity contribution < 1.29 is 23.8 Å². The van der Waals surface area contributed by atoms with E-state index < -0.39 is 5.97 Å². The summed E-state index contributed by atoms with van der Waals surface area (Å²) in [6.45, 7) is 2.38. The van der Waals surface area contributed by atoms with E-state index in [4.69, 9.17) is 25.7 Å². The van der Waals surface area contributed by atoms with Gasteiger partial charge < -0.3 is 25.7 Å². The number of nitrogens with two attached hydrogens (primary N) is 2. The maximum absolute atomic E-state index is 12.5. The molecule has 1 unspecified atom stereocenters. The highest BCUT2D eigenvalue weighted by Gasteiger charge is 2.24. The van der Waals surface area contributed by atoms with E-state index in [2.05, 4.69) is 6.92 Å². The lowest BCUT2D eigenvalue weighted by Crippen LogP contribution is -2.27. The third-order valence-corrected chi connectivity index (χ3v) is 6.59. The summed E-state index contributed by atoms with van der Waals surface area (Å²) in [6.07, 6.45) is 9.63. The molecule has 1 saturated carbocycles. The average Bonchev–Trinajstić information content (AvgIpc) is 2.87. The molecule has 0 amide bonds. The van der Waals surface area contributed by atoms with Crippen LogP contribution in [0.3, 0.4) is 0 Å². The predicted octanol–water partition coefficient (Wildman–Crippen LogP) is 5.50. The molecule has 7 heteroatoms. The molecule has 0 heterocycles. The molecule has 194 valence electrons. The molecule has 1 fully saturated rings. The van der Waals surface area contributed by atoms with Crippen LogP contribution >= 0.6 is 0 Å². The van der Waals surface area contributed by atoms with Gasteiger partial charge in [0.05, 0.1) is 18.3 Å². The molecule has 3 rings (SSSR count). The van der Waals surface area contributed by atoms with Crippen LogP contribution in [0, 0.1) is 0 Å². The molecular formula is C29H38N2O5. The zero-order valence-electron chi connectivity index (χ0n) is 21.3. The topological polar surface area (TPSA) is 114 Å². The van der Waals surface area contributed by atoms with Crippen molar-refractivity contribution in [1.29, 1.82) is 0 Å². The Kier molecular flexibility index (Phi) is 10.4. The van der Waals surface area contributed by atoms with Crippen LogP contribution in [-0.2, 0) is 19.0 Å². The van der Waals surface area contributed by atoms with Crippen molar-refractivity contribution >= 4 is 29.4 Å².